The number of carbonyl (C=O) groups excluding carboxylic acids is 2. The molecule has 0 unspecified atom stereocenters. The first-order valence-corrected chi connectivity index (χ1v) is 8.42. The summed E-state index contributed by atoms with van der Waals surface area (Å²) in [4.78, 5) is 25.6. The Morgan fingerprint density at radius 1 is 1.17 bits per heavy atom. The van der Waals surface area contributed by atoms with Crippen LogP contribution in [0.1, 0.15) is 29.6 Å². The number of amides is 2. The van der Waals surface area contributed by atoms with Gasteiger partial charge in [0.05, 0.1) is 0 Å². The second-order valence-corrected chi connectivity index (χ2v) is 7.15. The summed E-state index contributed by atoms with van der Waals surface area (Å²) < 4.78 is 5.29. The fraction of sp³-hybridized carbons (Fsp3) is 0.556. The standard InChI is InChI=1S/C18H22N2O3/c19-17(21)10-23-14-3-1-2-13(7-14)18(22)20-8-15-11-4-5-12(6-11)16(15)9-20/h1-3,7,11-12,15-16H,4-6,8-10H2,(H2,19,21)/t11-,12+,15-,16+. The Kier molecular flexibility index (Phi) is 3.51. The number of nitrogens with two attached hydrogens (primary N) is 1. The Morgan fingerprint density at radius 2 is 1.87 bits per heavy atom. The first-order valence-electron chi connectivity index (χ1n) is 8.42. The maximum absolute atomic E-state index is 12.8. The van der Waals surface area contributed by atoms with E-state index >= 15 is 0 Å². The van der Waals surface area contributed by atoms with Gasteiger partial charge in [-0.25, -0.2) is 0 Å². The van der Waals surface area contributed by atoms with E-state index in [1.807, 2.05) is 11.0 Å². The van der Waals surface area contributed by atoms with Crippen LogP contribution >= 0.6 is 0 Å². The highest BCUT2D eigenvalue weighted by molar-refractivity contribution is 5.94. The van der Waals surface area contributed by atoms with Crippen molar-refractivity contribution in [2.45, 2.75) is 19.3 Å². The second-order valence-electron chi connectivity index (χ2n) is 7.15. The Hall–Kier alpha value is -2.04. The average molecular weight is 314 g/mol. The number of ether oxygens (including phenoxy) is 1. The molecule has 5 heteroatoms. The predicted molar refractivity (Wildman–Crippen MR) is 84.8 cm³/mol. The highest BCUT2D eigenvalue weighted by atomic mass is 16.5. The molecule has 5 nitrogen and oxygen atoms in total. The molecule has 0 aromatic heterocycles. The van der Waals surface area contributed by atoms with E-state index in [4.69, 9.17) is 10.5 Å². The molecule has 1 saturated heterocycles. The SMILES string of the molecule is NC(=O)COc1cccc(C(=O)N2C[C@@H]3[C@@H]4CC[C@@H](C4)[C@@H]3C2)c1. The zero-order valence-corrected chi connectivity index (χ0v) is 13.1. The van der Waals surface area contributed by atoms with Gasteiger partial charge < -0.3 is 15.4 Å². The van der Waals surface area contributed by atoms with Gasteiger partial charge in [-0.1, -0.05) is 6.07 Å². The molecule has 122 valence electrons. The minimum absolute atomic E-state index is 0.0725. The van der Waals surface area contributed by atoms with Gasteiger partial charge >= 0.3 is 0 Å². The molecule has 4 atom stereocenters. The number of likely N-dealkylation sites (tertiary alicyclic amines) is 1. The van der Waals surface area contributed by atoms with Crippen LogP contribution in [0.25, 0.3) is 0 Å². The van der Waals surface area contributed by atoms with Crippen LogP contribution in [0, 0.1) is 23.7 Å². The summed E-state index contributed by atoms with van der Waals surface area (Å²) >= 11 is 0. The van der Waals surface area contributed by atoms with Crippen LogP contribution in [0.4, 0.5) is 0 Å². The monoisotopic (exact) mass is 314 g/mol. The molecule has 2 N–H and O–H groups in total. The maximum atomic E-state index is 12.8. The van der Waals surface area contributed by atoms with Crippen molar-refractivity contribution >= 4 is 11.8 Å². The van der Waals surface area contributed by atoms with Gasteiger partial charge in [0, 0.05) is 18.7 Å². The van der Waals surface area contributed by atoms with E-state index in [-0.39, 0.29) is 12.5 Å². The van der Waals surface area contributed by atoms with Crippen molar-refractivity contribution in [2.24, 2.45) is 29.4 Å². The molecule has 3 fully saturated rings. The Morgan fingerprint density at radius 3 is 2.52 bits per heavy atom. The zero-order valence-electron chi connectivity index (χ0n) is 13.1. The minimum Gasteiger partial charge on any atom is -0.484 e. The molecule has 1 aromatic rings. The first-order chi connectivity index (χ1) is 11.1. The first kappa shape index (κ1) is 14.5. The van der Waals surface area contributed by atoms with E-state index < -0.39 is 5.91 Å². The van der Waals surface area contributed by atoms with Crippen LogP contribution in [0.2, 0.25) is 0 Å². The van der Waals surface area contributed by atoms with Gasteiger partial charge in [-0.2, -0.15) is 0 Å². The zero-order chi connectivity index (χ0) is 16.0. The summed E-state index contributed by atoms with van der Waals surface area (Å²) in [6.07, 6.45) is 4.09. The molecule has 2 bridgehead atoms. The second kappa shape index (κ2) is 5.55. The van der Waals surface area contributed by atoms with Gasteiger partial charge in [0.2, 0.25) is 0 Å². The quantitative estimate of drug-likeness (QED) is 0.919. The number of benzene rings is 1. The number of hydrogen-bond acceptors (Lipinski definition) is 3. The largest absolute Gasteiger partial charge is 0.484 e. The number of rotatable bonds is 4. The number of primary amides is 1. The van der Waals surface area contributed by atoms with Crippen molar-refractivity contribution < 1.29 is 14.3 Å². The summed E-state index contributed by atoms with van der Waals surface area (Å²) in [5.74, 6) is 3.17. The van der Waals surface area contributed by atoms with E-state index in [1.165, 1.54) is 19.3 Å². The molecular formula is C18H22N2O3. The molecule has 0 spiro atoms. The van der Waals surface area contributed by atoms with E-state index in [9.17, 15) is 9.59 Å². The highest BCUT2D eigenvalue weighted by Crippen LogP contribution is 2.55. The van der Waals surface area contributed by atoms with E-state index in [0.717, 1.165) is 24.9 Å². The summed E-state index contributed by atoms with van der Waals surface area (Å²) in [5.41, 5.74) is 5.71. The summed E-state index contributed by atoms with van der Waals surface area (Å²) in [6.45, 7) is 1.63. The molecule has 2 amide bonds. The Balaban J connectivity index is 1.45. The lowest BCUT2D eigenvalue weighted by Crippen LogP contribution is -2.30. The van der Waals surface area contributed by atoms with Gasteiger partial charge in [-0.05, 0) is 61.1 Å². The molecule has 2 saturated carbocycles. The normalized spacial score (nSPS) is 31.2. The van der Waals surface area contributed by atoms with Crippen LogP contribution in [0.3, 0.4) is 0 Å². The van der Waals surface area contributed by atoms with Gasteiger partial charge in [-0.15, -0.1) is 0 Å². The van der Waals surface area contributed by atoms with Crippen LogP contribution in [0.5, 0.6) is 5.75 Å². The van der Waals surface area contributed by atoms with Gasteiger partial charge in [-0.3, -0.25) is 9.59 Å². The summed E-state index contributed by atoms with van der Waals surface area (Å²) in [7, 11) is 0. The molecule has 1 aromatic carbocycles. The molecule has 1 aliphatic heterocycles. The maximum Gasteiger partial charge on any atom is 0.255 e. The number of hydrogen-bond donors (Lipinski definition) is 1. The Bertz CT molecular complexity index is 627. The third-order valence-electron chi connectivity index (χ3n) is 5.89. The fourth-order valence-electron chi connectivity index (χ4n) is 4.90. The lowest BCUT2D eigenvalue weighted by atomic mass is 9.82. The van der Waals surface area contributed by atoms with Crippen molar-refractivity contribution in [3.63, 3.8) is 0 Å². The molecule has 0 radical (unpaired) electrons. The third kappa shape index (κ3) is 2.58. The lowest BCUT2D eigenvalue weighted by Gasteiger charge is -2.22. The van der Waals surface area contributed by atoms with Crippen molar-refractivity contribution in [3.05, 3.63) is 29.8 Å². The van der Waals surface area contributed by atoms with Crippen molar-refractivity contribution in [1.29, 1.82) is 0 Å². The van der Waals surface area contributed by atoms with Crippen molar-refractivity contribution in [2.75, 3.05) is 19.7 Å². The molecule has 23 heavy (non-hydrogen) atoms. The summed E-state index contributed by atoms with van der Waals surface area (Å²) in [5, 5.41) is 0. The number of nitrogens with zero attached hydrogens (tertiary/aromatic N) is 1. The van der Waals surface area contributed by atoms with E-state index in [2.05, 4.69) is 0 Å². The molecular weight excluding hydrogens is 292 g/mol. The van der Waals surface area contributed by atoms with Crippen LogP contribution in [-0.2, 0) is 4.79 Å². The van der Waals surface area contributed by atoms with E-state index in [1.54, 1.807) is 18.2 Å². The molecule has 4 rings (SSSR count). The van der Waals surface area contributed by atoms with Crippen molar-refractivity contribution in [1.82, 2.24) is 4.90 Å². The van der Waals surface area contributed by atoms with E-state index in [0.29, 0.717) is 23.1 Å². The van der Waals surface area contributed by atoms with Crippen LogP contribution in [-0.4, -0.2) is 36.4 Å². The summed E-state index contributed by atoms with van der Waals surface area (Å²) in [6, 6.07) is 7.03. The third-order valence-corrected chi connectivity index (χ3v) is 5.89. The topological polar surface area (TPSA) is 72.6 Å². The molecule has 3 aliphatic rings. The van der Waals surface area contributed by atoms with Gasteiger partial charge in [0.1, 0.15) is 5.75 Å². The van der Waals surface area contributed by atoms with Crippen LogP contribution < -0.4 is 10.5 Å². The number of fused-ring (bicyclic) bond motifs is 5. The Labute approximate surface area is 135 Å². The van der Waals surface area contributed by atoms with Crippen molar-refractivity contribution in [3.8, 4) is 5.75 Å². The van der Waals surface area contributed by atoms with Crippen LogP contribution in [0.15, 0.2) is 24.3 Å². The fourth-order valence-corrected chi connectivity index (χ4v) is 4.90. The smallest absolute Gasteiger partial charge is 0.255 e. The minimum atomic E-state index is -0.524. The van der Waals surface area contributed by atoms with Gasteiger partial charge in [0.25, 0.3) is 11.8 Å². The van der Waals surface area contributed by atoms with Gasteiger partial charge in [0.15, 0.2) is 6.61 Å². The lowest BCUT2D eigenvalue weighted by molar-refractivity contribution is -0.119. The molecule has 1 heterocycles. The predicted octanol–water partition coefficient (Wildman–Crippen LogP) is 1.67. The average Bonchev–Trinajstić information content (AvgIpc) is 3.24. The molecule has 2 aliphatic carbocycles. The number of carbonyl (C=O) groups is 2. The highest BCUT2D eigenvalue weighted by Gasteiger charge is 2.52.